The van der Waals surface area contributed by atoms with Gasteiger partial charge in [0.1, 0.15) is 5.82 Å². The minimum atomic E-state index is -0.418. The van der Waals surface area contributed by atoms with E-state index in [-0.39, 0.29) is 17.5 Å². The van der Waals surface area contributed by atoms with E-state index in [9.17, 15) is 9.59 Å². The van der Waals surface area contributed by atoms with Crippen LogP contribution in [0.25, 0.3) is 0 Å². The summed E-state index contributed by atoms with van der Waals surface area (Å²) in [5.41, 5.74) is 1.16. The lowest BCUT2D eigenvalue weighted by atomic mass is 9.95. The Morgan fingerprint density at radius 3 is 2.53 bits per heavy atom. The van der Waals surface area contributed by atoms with Gasteiger partial charge in [-0.25, -0.2) is 4.79 Å². The Bertz CT molecular complexity index is 512. The zero-order valence-corrected chi connectivity index (χ0v) is 9.85. The van der Waals surface area contributed by atoms with Gasteiger partial charge in [-0.15, -0.1) is 0 Å². The molecule has 1 aliphatic carbocycles. The lowest BCUT2D eigenvalue weighted by Crippen LogP contribution is -2.40. The van der Waals surface area contributed by atoms with Crippen molar-refractivity contribution in [3.8, 4) is 0 Å². The number of hydrogen-bond donors (Lipinski definition) is 2. The molecule has 1 aromatic heterocycles. The van der Waals surface area contributed by atoms with E-state index in [0.29, 0.717) is 0 Å². The first-order valence-corrected chi connectivity index (χ1v) is 5.88. The monoisotopic (exact) mass is 239 g/mol. The molecule has 2 N–H and O–H groups in total. The number of hydrogen-bond acceptors (Lipinski definition) is 4. The topological polar surface area (TPSA) is 76.3 Å². The maximum Gasteiger partial charge on any atom is 0.332 e. The van der Waals surface area contributed by atoms with E-state index in [2.05, 4.69) is 0 Å². The fraction of sp³-hybridized carbons (Fsp3) is 0.636. The molecule has 0 unspecified atom stereocenters. The molecule has 17 heavy (non-hydrogen) atoms. The van der Waals surface area contributed by atoms with Gasteiger partial charge < -0.3 is 0 Å². The molecule has 0 spiro atoms. The molecule has 2 rings (SSSR count). The van der Waals surface area contributed by atoms with Crippen molar-refractivity contribution in [1.82, 2.24) is 9.13 Å². The largest absolute Gasteiger partial charge is 0.332 e. The summed E-state index contributed by atoms with van der Waals surface area (Å²) in [5, 5.41) is 9.03. The molecule has 1 aromatic rings. The molecule has 0 saturated heterocycles. The second-order valence-corrected chi connectivity index (χ2v) is 4.48. The zero-order chi connectivity index (χ0) is 12.4. The lowest BCUT2D eigenvalue weighted by molar-refractivity contribution is 0.322. The summed E-state index contributed by atoms with van der Waals surface area (Å²) in [6.07, 6.45) is 5.15. The summed E-state index contributed by atoms with van der Waals surface area (Å²) < 4.78 is 2.55. The van der Waals surface area contributed by atoms with Gasteiger partial charge in [0.05, 0.1) is 0 Å². The summed E-state index contributed by atoms with van der Waals surface area (Å²) in [4.78, 5) is 23.5. The second-order valence-electron chi connectivity index (χ2n) is 4.48. The average molecular weight is 239 g/mol. The standard InChI is InChI=1S/C11H17N3O3/c1-13-10(15)7-9(12-17)14(11(13)16)8-5-3-2-4-6-8/h7-8,12,17H,2-6H2,1H3. The Morgan fingerprint density at radius 2 is 1.94 bits per heavy atom. The maximum atomic E-state index is 12.0. The van der Waals surface area contributed by atoms with Gasteiger partial charge in [0.15, 0.2) is 0 Å². The van der Waals surface area contributed by atoms with Crippen molar-refractivity contribution in [2.75, 3.05) is 5.48 Å². The third-order valence-corrected chi connectivity index (χ3v) is 3.40. The number of anilines is 1. The van der Waals surface area contributed by atoms with Gasteiger partial charge in [0, 0.05) is 19.2 Å². The van der Waals surface area contributed by atoms with Crippen LogP contribution >= 0.6 is 0 Å². The van der Waals surface area contributed by atoms with E-state index >= 15 is 0 Å². The van der Waals surface area contributed by atoms with Crippen LogP contribution in [-0.4, -0.2) is 14.3 Å². The zero-order valence-electron chi connectivity index (χ0n) is 9.85. The van der Waals surface area contributed by atoms with E-state index in [0.717, 1.165) is 30.3 Å². The Morgan fingerprint density at radius 1 is 1.29 bits per heavy atom. The van der Waals surface area contributed by atoms with Crippen LogP contribution in [0.3, 0.4) is 0 Å². The van der Waals surface area contributed by atoms with Crippen molar-refractivity contribution >= 4 is 5.82 Å². The first-order valence-electron chi connectivity index (χ1n) is 5.88. The van der Waals surface area contributed by atoms with E-state index in [1.807, 2.05) is 5.48 Å². The van der Waals surface area contributed by atoms with Gasteiger partial charge in [-0.05, 0) is 12.8 Å². The number of nitrogens with zero attached hydrogens (tertiary/aromatic N) is 2. The highest BCUT2D eigenvalue weighted by Crippen LogP contribution is 2.28. The molecular weight excluding hydrogens is 222 g/mol. The summed E-state index contributed by atoms with van der Waals surface area (Å²) in [6, 6.07) is 1.31. The predicted octanol–water partition coefficient (Wildman–Crippen LogP) is 0.853. The highest BCUT2D eigenvalue weighted by Gasteiger charge is 2.20. The minimum Gasteiger partial charge on any atom is -0.290 e. The Balaban J connectivity index is 2.54. The van der Waals surface area contributed by atoms with Gasteiger partial charge in [-0.2, -0.15) is 0 Å². The smallest absolute Gasteiger partial charge is 0.290 e. The molecule has 1 fully saturated rings. The molecule has 0 bridgehead atoms. The first kappa shape index (κ1) is 11.9. The van der Waals surface area contributed by atoms with Crippen molar-refractivity contribution < 1.29 is 5.21 Å². The van der Waals surface area contributed by atoms with Crippen molar-refractivity contribution in [2.45, 2.75) is 38.1 Å². The average Bonchev–Trinajstić information content (AvgIpc) is 2.36. The quantitative estimate of drug-likeness (QED) is 0.750. The third kappa shape index (κ3) is 2.12. The van der Waals surface area contributed by atoms with Crippen LogP contribution in [-0.2, 0) is 7.05 Å². The molecule has 0 atom stereocenters. The lowest BCUT2D eigenvalue weighted by Gasteiger charge is -2.26. The second kappa shape index (κ2) is 4.75. The summed E-state index contributed by atoms with van der Waals surface area (Å²) >= 11 is 0. The molecule has 0 radical (unpaired) electrons. The molecule has 1 saturated carbocycles. The molecule has 0 aliphatic heterocycles. The van der Waals surface area contributed by atoms with E-state index in [1.165, 1.54) is 24.1 Å². The summed E-state index contributed by atoms with van der Waals surface area (Å²) in [5.74, 6) is 0.185. The van der Waals surface area contributed by atoms with E-state index < -0.39 is 5.56 Å². The SMILES string of the molecule is Cn1c(=O)cc(NO)n(C2CCCCC2)c1=O. The number of rotatable bonds is 2. The van der Waals surface area contributed by atoms with Gasteiger partial charge in [0.2, 0.25) is 0 Å². The van der Waals surface area contributed by atoms with Crippen LogP contribution in [0.15, 0.2) is 15.7 Å². The number of aromatic nitrogens is 2. The molecular formula is C11H17N3O3. The fourth-order valence-electron chi connectivity index (χ4n) is 2.42. The van der Waals surface area contributed by atoms with Gasteiger partial charge >= 0.3 is 5.69 Å². The Labute approximate surface area is 98.5 Å². The predicted molar refractivity (Wildman–Crippen MR) is 63.5 cm³/mol. The van der Waals surface area contributed by atoms with Crippen molar-refractivity contribution in [3.05, 3.63) is 26.9 Å². The summed E-state index contributed by atoms with van der Waals surface area (Å²) in [6.45, 7) is 0. The molecule has 0 amide bonds. The maximum absolute atomic E-state index is 12.0. The molecule has 1 aliphatic rings. The van der Waals surface area contributed by atoms with Crippen LogP contribution < -0.4 is 16.7 Å². The van der Waals surface area contributed by atoms with E-state index in [1.54, 1.807) is 0 Å². The van der Waals surface area contributed by atoms with Crippen molar-refractivity contribution in [3.63, 3.8) is 0 Å². The highest BCUT2D eigenvalue weighted by atomic mass is 16.5. The number of nitrogens with one attached hydrogen (secondary N) is 1. The fourth-order valence-corrected chi connectivity index (χ4v) is 2.42. The van der Waals surface area contributed by atoms with Gasteiger partial charge in [-0.3, -0.25) is 24.6 Å². The molecule has 1 heterocycles. The van der Waals surface area contributed by atoms with Crippen LogP contribution in [0.4, 0.5) is 5.82 Å². The molecule has 0 aromatic carbocycles. The third-order valence-electron chi connectivity index (χ3n) is 3.40. The molecule has 94 valence electrons. The van der Waals surface area contributed by atoms with Crippen LogP contribution in [0.5, 0.6) is 0 Å². The highest BCUT2D eigenvalue weighted by molar-refractivity contribution is 5.31. The van der Waals surface area contributed by atoms with Crippen LogP contribution in [0, 0.1) is 0 Å². The van der Waals surface area contributed by atoms with Crippen LogP contribution in [0.1, 0.15) is 38.1 Å². The van der Waals surface area contributed by atoms with Crippen LogP contribution in [0.2, 0.25) is 0 Å². The molecule has 6 heteroatoms. The first-order chi connectivity index (χ1) is 8.15. The van der Waals surface area contributed by atoms with Gasteiger partial charge in [0.25, 0.3) is 5.56 Å². The van der Waals surface area contributed by atoms with E-state index in [4.69, 9.17) is 5.21 Å². The van der Waals surface area contributed by atoms with Gasteiger partial charge in [-0.1, -0.05) is 19.3 Å². The molecule has 6 nitrogen and oxygen atoms in total. The normalized spacial score (nSPS) is 17.1. The summed E-state index contributed by atoms with van der Waals surface area (Å²) in [7, 11) is 1.45. The van der Waals surface area contributed by atoms with Crippen molar-refractivity contribution in [1.29, 1.82) is 0 Å². The Hall–Kier alpha value is -1.56. The van der Waals surface area contributed by atoms with Crippen molar-refractivity contribution in [2.24, 2.45) is 7.05 Å². The Kier molecular flexibility index (Phi) is 3.33. The minimum absolute atomic E-state index is 0.0673.